The first-order valence-corrected chi connectivity index (χ1v) is 6.97. The lowest BCUT2D eigenvalue weighted by Gasteiger charge is -2.45. The van der Waals surface area contributed by atoms with E-state index in [0.29, 0.717) is 19.1 Å². The van der Waals surface area contributed by atoms with Gasteiger partial charge in [0.15, 0.2) is 0 Å². The molecule has 0 aromatic carbocycles. The molecule has 2 saturated heterocycles. The van der Waals surface area contributed by atoms with Gasteiger partial charge in [-0.05, 0) is 13.5 Å². The Morgan fingerprint density at radius 1 is 1.16 bits per heavy atom. The SMILES string of the molecule is CCC1CN(C(=O)N2CC(CC(=O)O)C2)CCN1C. The second-order valence-electron chi connectivity index (χ2n) is 5.64. The standard InChI is InChI=1S/C13H23N3O3/c1-3-11-9-15(5-4-14(11)2)13(19)16-7-10(8-16)6-12(17)18/h10-11H,3-9H2,1-2H3,(H,17,18). The molecule has 2 aliphatic heterocycles. The predicted molar refractivity (Wildman–Crippen MR) is 71.0 cm³/mol. The molecular weight excluding hydrogens is 246 g/mol. The third-order valence-corrected chi connectivity index (χ3v) is 4.21. The van der Waals surface area contributed by atoms with Crippen molar-refractivity contribution in [3.8, 4) is 0 Å². The van der Waals surface area contributed by atoms with Crippen LogP contribution in [0.1, 0.15) is 19.8 Å². The lowest BCUT2D eigenvalue weighted by Crippen LogP contribution is -2.60. The van der Waals surface area contributed by atoms with Gasteiger partial charge in [0.2, 0.25) is 0 Å². The highest BCUT2D eigenvalue weighted by Gasteiger charge is 2.36. The van der Waals surface area contributed by atoms with Crippen LogP contribution in [0.4, 0.5) is 4.79 Å². The molecule has 6 nitrogen and oxygen atoms in total. The molecule has 2 amide bonds. The molecule has 1 unspecified atom stereocenters. The zero-order chi connectivity index (χ0) is 14.0. The smallest absolute Gasteiger partial charge is 0.320 e. The van der Waals surface area contributed by atoms with Crippen LogP contribution in [0, 0.1) is 5.92 Å². The highest BCUT2D eigenvalue weighted by atomic mass is 16.4. The fourth-order valence-electron chi connectivity index (χ4n) is 2.86. The molecule has 0 aliphatic carbocycles. The topological polar surface area (TPSA) is 64.1 Å². The number of hydrogen-bond acceptors (Lipinski definition) is 3. The van der Waals surface area contributed by atoms with E-state index in [1.54, 1.807) is 4.90 Å². The summed E-state index contributed by atoms with van der Waals surface area (Å²) in [6, 6.07) is 0.516. The largest absolute Gasteiger partial charge is 0.481 e. The number of aliphatic carboxylic acids is 1. The molecule has 0 aromatic rings. The number of likely N-dealkylation sites (tertiary alicyclic amines) is 1. The molecule has 108 valence electrons. The molecule has 2 rings (SSSR count). The van der Waals surface area contributed by atoms with E-state index in [9.17, 15) is 9.59 Å². The average Bonchev–Trinajstić information content (AvgIpc) is 2.33. The van der Waals surface area contributed by atoms with Gasteiger partial charge in [0.1, 0.15) is 0 Å². The number of urea groups is 1. The molecule has 0 spiro atoms. The van der Waals surface area contributed by atoms with Crippen LogP contribution in [0.3, 0.4) is 0 Å². The first kappa shape index (κ1) is 14.1. The van der Waals surface area contributed by atoms with Gasteiger partial charge in [-0.2, -0.15) is 0 Å². The van der Waals surface area contributed by atoms with Crippen molar-refractivity contribution in [3.63, 3.8) is 0 Å². The number of nitrogens with zero attached hydrogens (tertiary/aromatic N) is 3. The van der Waals surface area contributed by atoms with Crippen LogP contribution in [0.25, 0.3) is 0 Å². The van der Waals surface area contributed by atoms with E-state index in [0.717, 1.165) is 26.1 Å². The Kier molecular flexibility index (Phi) is 4.29. The number of carbonyl (C=O) groups excluding carboxylic acids is 1. The van der Waals surface area contributed by atoms with E-state index in [1.165, 1.54) is 0 Å². The molecule has 0 radical (unpaired) electrons. The van der Waals surface area contributed by atoms with Gasteiger partial charge in [-0.25, -0.2) is 4.79 Å². The molecule has 2 fully saturated rings. The third kappa shape index (κ3) is 3.18. The summed E-state index contributed by atoms with van der Waals surface area (Å²) in [6.07, 6.45) is 1.21. The van der Waals surface area contributed by atoms with Gasteiger partial charge < -0.3 is 14.9 Å². The zero-order valence-corrected chi connectivity index (χ0v) is 11.7. The van der Waals surface area contributed by atoms with Gasteiger partial charge in [-0.3, -0.25) is 9.69 Å². The van der Waals surface area contributed by atoms with E-state index in [4.69, 9.17) is 5.11 Å². The highest BCUT2D eigenvalue weighted by molar-refractivity contribution is 5.76. The molecule has 0 aromatic heterocycles. The first-order valence-electron chi connectivity index (χ1n) is 6.97. The quantitative estimate of drug-likeness (QED) is 0.812. The fourth-order valence-corrected chi connectivity index (χ4v) is 2.86. The maximum Gasteiger partial charge on any atom is 0.320 e. The van der Waals surface area contributed by atoms with Crippen molar-refractivity contribution in [1.29, 1.82) is 0 Å². The second-order valence-corrected chi connectivity index (χ2v) is 5.64. The molecule has 0 saturated carbocycles. The number of carbonyl (C=O) groups is 2. The van der Waals surface area contributed by atoms with Crippen LogP contribution in [0.2, 0.25) is 0 Å². The second kappa shape index (κ2) is 5.77. The Balaban J connectivity index is 1.80. The molecule has 0 bridgehead atoms. The number of carboxylic acid groups (broad SMARTS) is 1. The highest BCUT2D eigenvalue weighted by Crippen LogP contribution is 2.22. The number of hydrogen-bond donors (Lipinski definition) is 1. The molecule has 2 aliphatic rings. The average molecular weight is 269 g/mol. The van der Waals surface area contributed by atoms with E-state index in [2.05, 4.69) is 18.9 Å². The van der Waals surface area contributed by atoms with E-state index in [-0.39, 0.29) is 18.4 Å². The summed E-state index contributed by atoms with van der Waals surface area (Å²) in [5.41, 5.74) is 0. The molecule has 1 N–H and O–H groups in total. The van der Waals surface area contributed by atoms with Gasteiger partial charge >= 0.3 is 12.0 Å². The predicted octanol–water partition coefficient (Wildman–Crippen LogP) is 0.539. The normalized spacial score (nSPS) is 25.3. The Bertz CT molecular complexity index is 355. The summed E-state index contributed by atoms with van der Waals surface area (Å²) in [5.74, 6) is -0.640. The van der Waals surface area contributed by atoms with Gasteiger partial charge in [-0.15, -0.1) is 0 Å². The van der Waals surface area contributed by atoms with Crippen LogP contribution >= 0.6 is 0 Å². The van der Waals surface area contributed by atoms with Crippen LogP contribution in [-0.4, -0.2) is 77.6 Å². The molecule has 6 heteroatoms. The van der Waals surface area contributed by atoms with Crippen LogP contribution in [0.5, 0.6) is 0 Å². The minimum absolute atomic E-state index is 0.0770. The maximum atomic E-state index is 12.3. The minimum atomic E-state index is -0.775. The Morgan fingerprint density at radius 3 is 2.42 bits per heavy atom. The lowest BCUT2D eigenvalue weighted by atomic mass is 9.97. The number of amides is 2. The Hall–Kier alpha value is -1.30. The van der Waals surface area contributed by atoms with Crippen molar-refractivity contribution in [2.75, 3.05) is 39.8 Å². The summed E-state index contributed by atoms with van der Waals surface area (Å²) >= 11 is 0. The van der Waals surface area contributed by atoms with Crippen molar-refractivity contribution in [2.24, 2.45) is 5.92 Å². The van der Waals surface area contributed by atoms with E-state index in [1.807, 2.05) is 4.90 Å². The van der Waals surface area contributed by atoms with Crippen LogP contribution in [-0.2, 0) is 4.79 Å². The van der Waals surface area contributed by atoms with E-state index < -0.39 is 5.97 Å². The van der Waals surface area contributed by atoms with Crippen molar-refractivity contribution < 1.29 is 14.7 Å². The molecule has 2 heterocycles. The molecular formula is C13H23N3O3. The number of carboxylic acids is 1. The van der Waals surface area contributed by atoms with Crippen LogP contribution < -0.4 is 0 Å². The first-order chi connectivity index (χ1) is 9.01. The summed E-state index contributed by atoms with van der Waals surface area (Å²) in [5, 5.41) is 8.70. The zero-order valence-electron chi connectivity index (χ0n) is 11.7. The number of likely N-dealkylation sites (N-methyl/N-ethyl adjacent to an activating group) is 1. The van der Waals surface area contributed by atoms with E-state index >= 15 is 0 Å². The fraction of sp³-hybridized carbons (Fsp3) is 0.846. The monoisotopic (exact) mass is 269 g/mol. The van der Waals surface area contributed by atoms with Crippen molar-refractivity contribution in [2.45, 2.75) is 25.8 Å². The number of piperazine rings is 1. The maximum absolute atomic E-state index is 12.3. The molecule has 19 heavy (non-hydrogen) atoms. The Labute approximate surface area is 114 Å². The third-order valence-electron chi connectivity index (χ3n) is 4.21. The summed E-state index contributed by atoms with van der Waals surface area (Å²) < 4.78 is 0. The van der Waals surface area contributed by atoms with Crippen LogP contribution in [0.15, 0.2) is 0 Å². The summed E-state index contributed by atoms with van der Waals surface area (Å²) in [6.45, 7) is 5.79. The Morgan fingerprint density at radius 2 is 1.84 bits per heavy atom. The van der Waals surface area contributed by atoms with Gasteiger partial charge in [-0.1, -0.05) is 6.92 Å². The van der Waals surface area contributed by atoms with Gasteiger partial charge in [0.05, 0.1) is 6.42 Å². The molecule has 1 atom stereocenters. The summed E-state index contributed by atoms with van der Waals surface area (Å²) in [7, 11) is 2.10. The van der Waals surface area contributed by atoms with Crippen molar-refractivity contribution in [1.82, 2.24) is 14.7 Å². The van der Waals surface area contributed by atoms with Gasteiger partial charge in [0, 0.05) is 44.7 Å². The van der Waals surface area contributed by atoms with Crippen molar-refractivity contribution >= 4 is 12.0 Å². The van der Waals surface area contributed by atoms with Crippen molar-refractivity contribution in [3.05, 3.63) is 0 Å². The minimum Gasteiger partial charge on any atom is -0.481 e. The van der Waals surface area contributed by atoms with Gasteiger partial charge in [0.25, 0.3) is 0 Å². The summed E-state index contributed by atoms with van der Waals surface area (Å²) in [4.78, 5) is 28.8. The number of rotatable bonds is 3. The lowest BCUT2D eigenvalue weighted by molar-refractivity contribution is -0.139.